The maximum atomic E-state index is 11.4. The highest BCUT2D eigenvalue weighted by molar-refractivity contribution is 14.1. The van der Waals surface area contributed by atoms with E-state index < -0.39 is 0 Å². The first kappa shape index (κ1) is 10.6. The number of halogens is 1. The number of hydrogen-bond donors (Lipinski definition) is 0. The Morgan fingerprint density at radius 2 is 2.31 bits per heavy atom. The van der Waals surface area contributed by atoms with Crippen LogP contribution in [0.25, 0.3) is 0 Å². The third-order valence-electron chi connectivity index (χ3n) is 1.69. The summed E-state index contributed by atoms with van der Waals surface area (Å²) in [6, 6.07) is 1.84. The van der Waals surface area contributed by atoms with E-state index in [1.165, 1.54) is 0 Å². The fourth-order valence-corrected chi connectivity index (χ4v) is 1.74. The summed E-state index contributed by atoms with van der Waals surface area (Å²) in [5.41, 5.74) is 0.633. The zero-order chi connectivity index (χ0) is 9.84. The number of carbonyl (C=O) groups is 1. The molecule has 0 aliphatic heterocycles. The molecule has 1 aromatic rings. The lowest BCUT2D eigenvalue weighted by Crippen LogP contribution is -2.10. The first-order valence-electron chi connectivity index (χ1n) is 4.21. The molecule has 4 heteroatoms. The Labute approximate surface area is 91.2 Å². The summed E-state index contributed by atoms with van der Waals surface area (Å²) < 4.78 is 7.87. The molecule has 0 atom stereocenters. The minimum absolute atomic E-state index is 0.243. The lowest BCUT2D eigenvalue weighted by atomic mass is 10.4. The summed E-state index contributed by atoms with van der Waals surface area (Å²) in [6.07, 6.45) is 1.94. The molecule has 0 amide bonds. The first-order chi connectivity index (χ1) is 6.19. The van der Waals surface area contributed by atoms with Crippen LogP contribution < -0.4 is 0 Å². The Bertz CT molecular complexity index is 307. The zero-order valence-corrected chi connectivity index (χ0v) is 9.87. The number of aryl methyl sites for hydroxylation is 1. The summed E-state index contributed by atoms with van der Waals surface area (Å²) >= 11 is 2.18. The van der Waals surface area contributed by atoms with Crippen molar-refractivity contribution in [3.05, 3.63) is 21.5 Å². The molecule has 0 saturated heterocycles. The molecular weight excluding hydrogens is 281 g/mol. The van der Waals surface area contributed by atoms with E-state index in [4.69, 9.17) is 4.74 Å². The number of nitrogens with zero attached hydrogens (tertiary/aromatic N) is 1. The van der Waals surface area contributed by atoms with Crippen molar-refractivity contribution in [2.24, 2.45) is 0 Å². The van der Waals surface area contributed by atoms with Gasteiger partial charge in [-0.3, -0.25) is 0 Å². The molecule has 3 nitrogen and oxygen atoms in total. The van der Waals surface area contributed by atoms with Gasteiger partial charge in [-0.05, 0) is 42.5 Å². The molecule has 1 rings (SSSR count). The first-order valence-corrected chi connectivity index (χ1v) is 5.29. The van der Waals surface area contributed by atoms with E-state index in [9.17, 15) is 4.79 Å². The van der Waals surface area contributed by atoms with Crippen LogP contribution in [0.5, 0.6) is 0 Å². The molecular formula is C9H12INO2. The van der Waals surface area contributed by atoms with E-state index in [0.29, 0.717) is 12.3 Å². The van der Waals surface area contributed by atoms with Crippen molar-refractivity contribution in [3.8, 4) is 0 Å². The second-order valence-corrected chi connectivity index (χ2v) is 3.80. The SMILES string of the molecule is CCOC(=O)c1cc(I)cn1CC. The van der Waals surface area contributed by atoms with Crippen molar-refractivity contribution in [1.29, 1.82) is 0 Å². The molecule has 72 valence electrons. The maximum Gasteiger partial charge on any atom is 0.354 e. The monoisotopic (exact) mass is 293 g/mol. The van der Waals surface area contributed by atoms with Crippen LogP contribution >= 0.6 is 22.6 Å². The van der Waals surface area contributed by atoms with Gasteiger partial charge in [0.2, 0.25) is 0 Å². The topological polar surface area (TPSA) is 31.2 Å². The van der Waals surface area contributed by atoms with E-state index in [-0.39, 0.29) is 5.97 Å². The fraction of sp³-hybridized carbons (Fsp3) is 0.444. The van der Waals surface area contributed by atoms with Gasteiger partial charge in [-0.15, -0.1) is 0 Å². The van der Waals surface area contributed by atoms with E-state index in [0.717, 1.165) is 10.1 Å². The van der Waals surface area contributed by atoms with Crippen LogP contribution in [0.2, 0.25) is 0 Å². The van der Waals surface area contributed by atoms with E-state index in [2.05, 4.69) is 22.6 Å². The fourth-order valence-electron chi connectivity index (χ4n) is 1.11. The smallest absolute Gasteiger partial charge is 0.354 e. The van der Waals surface area contributed by atoms with Crippen molar-refractivity contribution >= 4 is 28.6 Å². The molecule has 0 aliphatic rings. The van der Waals surface area contributed by atoms with Gasteiger partial charge in [-0.2, -0.15) is 0 Å². The van der Waals surface area contributed by atoms with Gasteiger partial charge in [0.15, 0.2) is 0 Å². The van der Waals surface area contributed by atoms with Gasteiger partial charge in [0, 0.05) is 16.3 Å². The lowest BCUT2D eigenvalue weighted by Gasteiger charge is -2.04. The quantitative estimate of drug-likeness (QED) is 0.632. The van der Waals surface area contributed by atoms with Gasteiger partial charge >= 0.3 is 5.97 Å². The Kier molecular flexibility index (Phi) is 3.77. The second-order valence-electron chi connectivity index (χ2n) is 2.55. The van der Waals surface area contributed by atoms with Crippen LogP contribution in [0.15, 0.2) is 12.3 Å². The van der Waals surface area contributed by atoms with E-state index in [1.807, 2.05) is 30.7 Å². The number of esters is 1. The number of carbonyl (C=O) groups excluding carboxylic acids is 1. The molecule has 0 bridgehead atoms. The molecule has 1 aromatic heterocycles. The van der Waals surface area contributed by atoms with Crippen LogP contribution in [0, 0.1) is 3.57 Å². The summed E-state index contributed by atoms with van der Waals surface area (Å²) in [7, 11) is 0. The van der Waals surface area contributed by atoms with Crippen LogP contribution in [-0.2, 0) is 11.3 Å². The predicted molar refractivity (Wildman–Crippen MR) is 58.8 cm³/mol. The summed E-state index contributed by atoms with van der Waals surface area (Å²) in [5, 5.41) is 0. The summed E-state index contributed by atoms with van der Waals surface area (Å²) in [6.45, 7) is 5.02. The van der Waals surface area contributed by atoms with Crippen LogP contribution in [0.4, 0.5) is 0 Å². The molecule has 0 N–H and O–H groups in total. The number of aromatic nitrogens is 1. The second kappa shape index (κ2) is 4.64. The Morgan fingerprint density at radius 1 is 1.62 bits per heavy atom. The summed E-state index contributed by atoms with van der Waals surface area (Å²) in [5.74, 6) is -0.243. The van der Waals surface area contributed by atoms with Crippen molar-refractivity contribution in [2.75, 3.05) is 6.61 Å². The van der Waals surface area contributed by atoms with Crippen molar-refractivity contribution < 1.29 is 9.53 Å². The zero-order valence-electron chi connectivity index (χ0n) is 7.71. The van der Waals surface area contributed by atoms with Crippen molar-refractivity contribution in [3.63, 3.8) is 0 Å². The normalized spacial score (nSPS) is 10.1. The van der Waals surface area contributed by atoms with Gasteiger partial charge < -0.3 is 9.30 Å². The van der Waals surface area contributed by atoms with Crippen molar-refractivity contribution in [1.82, 2.24) is 4.57 Å². The predicted octanol–water partition coefficient (Wildman–Crippen LogP) is 2.29. The molecule has 13 heavy (non-hydrogen) atoms. The van der Waals surface area contributed by atoms with Gasteiger partial charge in [0.05, 0.1) is 6.61 Å². The standard InChI is InChI=1S/C9H12INO2/c1-3-11-6-7(10)5-8(11)9(12)13-4-2/h5-6H,3-4H2,1-2H3. The van der Waals surface area contributed by atoms with Gasteiger partial charge in [-0.1, -0.05) is 0 Å². The minimum atomic E-state index is -0.243. The highest BCUT2D eigenvalue weighted by Gasteiger charge is 2.12. The average molecular weight is 293 g/mol. The van der Waals surface area contributed by atoms with E-state index in [1.54, 1.807) is 0 Å². The van der Waals surface area contributed by atoms with Crippen molar-refractivity contribution in [2.45, 2.75) is 20.4 Å². The molecule has 0 fully saturated rings. The van der Waals surface area contributed by atoms with Crippen LogP contribution in [-0.4, -0.2) is 17.1 Å². The molecule has 0 aromatic carbocycles. The molecule has 0 aliphatic carbocycles. The third kappa shape index (κ3) is 2.46. The highest BCUT2D eigenvalue weighted by Crippen LogP contribution is 2.12. The Hall–Kier alpha value is -0.520. The molecule has 0 unspecified atom stereocenters. The highest BCUT2D eigenvalue weighted by atomic mass is 127. The largest absolute Gasteiger partial charge is 0.461 e. The lowest BCUT2D eigenvalue weighted by molar-refractivity contribution is 0.0514. The van der Waals surface area contributed by atoms with Crippen LogP contribution in [0.1, 0.15) is 24.3 Å². The van der Waals surface area contributed by atoms with Gasteiger partial charge in [0.1, 0.15) is 5.69 Å². The maximum absolute atomic E-state index is 11.4. The Morgan fingerprint density at radius 3 is 2.85 bits per heavy atom. The van der Waals surface area contributed by atoms with E-state index >= 15 is 0 Å². The van der Waals surface area contributed by atoms with Gasteiger partial charge in [0.25, 0.3) is 0 Å². The molecule has 0 spiro atoms. The number of hydrogen-bond acceptors (Lipinski definition) is 2. The van der Waals surface area contributed by atoms with Crippen LogP contribution in [0.3, 0.4) is 0 Å². The Balaban J connectivity index is 2.91. The summed E-state index contributed by atoms with van der Waals surface area (Å²) in [4.78, 5) is 11.4. The molecule has 0 radical (unpaired) electrons. The number of ether oxygens (including phenoxy) is 1. The molecule has 0 saturated carbocycles. The van der Waals surface area contributed by atoms with Gasteiger partial charge in [-0.25, -0.2) is 4.79 Å². The average Bonchev–Trinajstić information content (AvgIpc) is 2.47. The number of rotatable bonds is 3. The minimum Gasteiger partial charge on any atom is -0.461 e. The molecule has 1 heterocycles. The third-order valence-corrected chi connectivity index (χ3v) is 2.28.